The molecule has 0 saturated carbocycles. The highest BCUT2D eigenvalue weighted by atomic mass is 16.6. The van der Waals surface area contributed by atoms with Crippen molar-refractivity contribution in [3.8, 4) is 0 Å². The lowest BCUT2D eigenvalue weighted by atomic mass is 10.1. The molecule has 0 bridgehead atoms. The summed E-state index contributed by atoms with van der Waals surface area (Å²) in [5, 5.41) is 41.8. The molecule has 0 spiro atoms. The Bertz CT molecular complexity index is 993. The Hall–Kier alpha value is -3.13. The number of nitrogens with one attached hydrogen (secondary N) is 2. The Morgan fingerprint density at radius 1 is 1.31 bits per heavy atom. The average molecular weight is 405 g/mol. The van der Waals surface area contributed by atoms with Crippen molar-refractivity contribution in [1.82, 2.24) is 29.5 Å². The number of hydrogen-bond donors (Lipinski definition) is 6. The molecule has 29 heavy (non-hydrogen) atoms. The third-order valence-corrected chi connectivity index (χ3v) is 4.74. The summed E-state index contributed by atoms with van der Waals surface area (Å²) < 4.78 is 6.90. The van der Waals surface area contributed by atoms with Crippen LogP contribution in [0.25, 0.3) is 11.2 Å². The number of aliphatic carboxylic acids is 1. The molecule has 1 fully saturated rings. The first-order chi connectivity index (χ1) is 14.0. The van der Waals surface area contributed by atoms with Crippen LogP contribution in [0, 0.1) is 0 Å². The minimum Gasteiger partial charge on any atom is -0.480 e. The molecular weight excluding hydrogens is 386 g/mol. The van der Waals surface area contributed by atoms with E-state index in [2.05, 4.69) is 30.2 Å². The number of imidazole rings is 2. The number of carboxylic acids is 1. The number of aliphatic hydroxyl groups excluding tert-OH is 3. The van der Waals surface area contributed by atoms with Gasteiger partial charge in [0.2, 0.25) is 0 Å². The highest BCUT2D eigenvalue weighted by Gasteiger charge is 2.44. The SMILES string of the molecule is O=C(O)[C@@H](Cc1cnc[nH]1)Nc1ncnc2c1ncn2[C@@H]1O[C@H](CO)[C@@H](O)[C@H]1O. The van der Waals surface area contributed by atoms with Gasteiger partial charge in [-0.15, -0.1) is 0 Å². The molecule has 13 nitrogen and oxygen atoms in total. The summed E-state index contributed by atoms with van der Waals surface area (Å²) in [4.78, 5) is 30.8. The standard InChI is InChI=1S/C16H19N7O6/c24-3-9-11(25)12(26)15(29-9)23-6-21-10-13(19-5-20-14(10)23)22-8(16(27)28)1-7-2-17-4-18-7/h2,4-6,8-9,11-12,15,24-26H,1,3H2,(H,17,18)(H,27,28)(H,19,20,22)/t8-,9-,11-,12-,15-/m1/s1. The molecule has 1 aliphatic heterocycles. The predicted octanol–water partition coefficient (Wildman–Crippen LogP) is -1.73. The number of aromatic amines is 1. The van der Waals surface area contributed by atoms with E-state index in [-0.39, 0.29) is 23.4 Å². The molecule has 3 aromatic rings. The molecule has 13 heteroatoms. The van der Waals surface area contributed by atoms with Crippen LogP contribution in [0.2, 0.25) is 0 Å². The first-order valence-corrected chi connectivity index (χ1v) is 8.76. The molecule has 0 unspecified atom stereocenters. The summed E-state index contributed by atoms with van der Waals surface area (Å²) in [5.41, 5.74) is 1.16. The number of aliphatic hydroxyl groups is 3. The van der Waals surface area contributed by atoms with Crippen LogP contribution in [0.3, 0.4) is 0 Å². The summed E-state index contributed by atoms with van der Waals surface area (Å²) in [6.07, 6.45) is 1.15. The van der Waals surface area contributed by atoms with Gasteiger partial charge in [0.25, 0.3) is 0 Å². The third-order valence-electron chi connectivity index (χ3n) is 4.74. The molecule has 4 rings (SSSR count). The molecule has 0 aliphatic carbocycles. The third kappa shape index (κ3) is 3.51. The van der Waals surface area contributed by atoms with Crippen LogP contribution in [-0.4, -0.2) is 86.8 Å². The molecule has 6 N–H and O–H groups in total. The monoisotopic (exact) mass is 405 g/mol. The molecule has 154 valence electrons. The summed E-state index contributed by atoms with van der Waals surface area (Å²) in [6.45, 7) is -0.461. The Kier molecular flexibility index (Phi) is 5.10. The van der Waals surface area contributed by atoms with E-state index in [0.717, 1.165) is 0 Å². The largest absolute Gasteiger partial charge is 0.480 e. The normalized spacial score (nSPS) is 25.3. The molecule has 0 amide bonds. The zero-order valence-corrected chi connectivity index (χ0v) is 15.0. The van der Waals surface area contributed by atoms with Gasteiger partial charge in [0, 0.05) is 18.3 Å². The van der Waals surface area contributed by atoms with Crippen molar-refractivity contribution in [2.45, 2.75) is 37.0 Å². The lowest BCUT2D eigenvalue weighted by molar-refractivity contribution is -0.137. The van der Waals surface area contributed by atoms with Crippen LogP contribution in [0.15, 0.2) is 25.2 Å². The Morgan fingerprint density at radius 2 is 2.14 bits per heavy atom. The van der Waals surface area contributed by atoms with Crippen LogP contribution >= 0.6 is 0 Å². The molecule has 3 aromatic heterocycles. The zero-order chi connectivity index (χ0) is 20.5. The van der Waals surface area contributed by atoms with Gasteiger partial charge in [-0.25, -0.2) is 24.7 Å². The first kappa shape index (κ1) is 19.2. The molecule has 4 heterocycles. The van der Waals surface area contributed by atoms with Crippen LogP contribution in [0.5, 0.6) is 0 Å². The fourth-order valence-corrected chi connectivity index (χ4v) is 3.23. The van der Waals surface area contributed by atoms with Crippen molar-refractivity contribution in [2.24, 2.45) is 0 Å². The van der Waals surface area contributed by atoms with Crippen LogP contribution < -0.4 is 5.32 Å². The first-order valence-electron chi connectivity index (χ1n) is 8.76. The molecule has 0 aromatic carbocycles. The molecule has 0 radical (unpaired) electrons. The topological polar surface area (TPSA) is 192 Å². The Morgan fingerprint density at radius 3 is 2.79 bits per heavy atom. The number of aromatic nitrogens is 6. The van der Waals surface area contributed by atoms with Crippen molar-refractivity contribution in [3.63, 3.8) is 0 Å². The minimum absolute atomic E-state index is 0.135. The highest BCUT2D eigenvalue weighted by molar-refractivity contribution is 5.86. The second-order valence-corrected chi connectivity index (χ2v) is 6.59. The van der Waals surface area contributed by atoms with E-state index >= 15 is 0 Å². The summed E-state index contributed by atoms with van der Waals surface area (Å²) in [5.74, 6) is -0.901. The fourth-order valence-electron chi connectivity index (χ4n) is 3.23. The van der Waals surface area contributed by atoms with E-state index in [1.807, 2.05) is 0 Å². The van der Waals surface area contributed by atoms with Gasteiger partial charge in [0.1, 0.15) is 30.7 Å². The number of ether oxygens (including phenoxy) is 1. The van der Waals surface area contributed by atoms with Crippen LogP contribution in [0.4, 0.5) is 5.82 Å². The number of hydrogen-bond acceptors (Lipinski definition) is 10. The van der Waals surface area contributed by atoms with Gasteiger partial charge in [0.15, 0.2) is 23.2 Å². The van der Waals surface area contributed by atoms with Crippen molar-refractivity contribution < 1.29 is 30.0 Å². The lowest BCUT2D eigenvalue weighted by Gasteiger charge is -2.17. The van der Waals surface area contributed by atoms with E-state index in [1.165, 1.54) is 29.7 Å². The van der Waals surface area contributed by atoms with Gasteiger partial charge in [-0.3, -0.25) is 4.57 Å². The van der Waals surface area contributed by atoms with E-state index < -0.39 is 43.2 Å². The maximum absolute atomic E-state index is 11.7. The average Bonchev–Trinajstić information content (AvgIpc) is 3.42. The molecule has 5 atom stereocenters. The maximum atomic E-state index is 11.7. The van der Waals surface area contributed by atoms with Gasteiger partial charge in [-0.05, 0) is 0 Å². The molecule has 1 aliphatic rings. The van der Waals surface area contributed by atoms with Crippen molar-refractivity contribution in [2.75, 3.05) is 11.9 Å². The highest BCUT2D eigenvalue weighted by Crippen LogP contribution is 2.32. The zero-order valence-electron chi connectivity index (χ0n) is 15.0. The summed E-state index contributed by atoms with van der Waals surface area (Å²) in [7, 11) is 0. The van der Waals surface area contributed by atoms with Gasteiger partial charge in [-0.1, -0.05) is 0 Å². The Labute approximate surface area is 163 Å². The van der Waals surface area contributed by atoms with Crippen molar-refractivity contribution in [3.05, 3.63) is 30.9 Å². The van der Waals surface area contributed by atoms with Crippen molar-refractivity contribution >= 4 is 23.0 Å². The van der Waals surface area contributed by atoms with Crippen molar-refractivity contribution in [1.29, 1.82) is 0 Å². The number of carbonyl (C=O) groups is 1. The fraction of sp³-hybridized carbons (Fsp3) is 0.438. The van der Waals surface area contributed by atoms with E-state index in [1.54, 1.807) is 0 Å². The number of carboxylic acid groups (broad SMARTS) is 1. The van der Waals surface area contributed by atoms with E-state index in [9.17, 15) is 25.2 Å². The van der Waals surface area contributed by atoms with Crippen LogP contribution in [0.1, 0.15) is 11.9 Å². The minimum atomic E-state index is -1.30. The number of fused-ring (bicyclic) bond motifs is 1. The summed E-state index contributed by atoms with van der Waals surface area (Å²) in [6, 6.07) is -1.01. The number of H-pyrrole nitrogens is 1. The van der Waals surface area contributed by atoms with Gasteiger partial charge < -0.3 is 35.5 Å². The Balaban J connectivity index is 1.63. The second-order valence-electron chi connectivity index (χ2n) is 6.59. The smallest absolute Gasteiger partial charge is 0.326 e. The quantitative estimate of drug-likeness (QED) is 0.262. The van der Waals surface area contributed by atoms with E-state index in [0.29, 0.717) is 5.69 Å². The maximum Gasteiger partial charge on any atom is 0.326 e. The number of nitrogens with zero attached hydrogens (tertiary/aromatic N) is 5. The summed E-state index contributed by atoms with van der Waals surface area (Å²) >= 11 is 0. The number of rotatable bonds is 7. The number of anilines is 1. The second kappa shape index (κ2) is 7.71. The van der Waals surface area contributed by atoms with Gasteiger partial charge >= 0.3 is 5.97 Å². The molecule has 1 saturated heterocycles. The predicted molar refractivity (Wildman–Crippen MR) is 95.7 cm³/mol. The van der Waals surface area contributed by atoms with Gasteiger partial charge in [-0.2, -0.15) is 0 Å². The lowest BCUT2D eigenvalue weighted by Crippen LogP contribution is -2.33. The van der Waals surface area contributed by atoms with Crippen LogP contribution in [-0.2, 0) is 16.0 Å². The van der Waals surface area contributed by atoms with E-state index in [4.69, 9.17) is 4.74 Å². The van der Waals surface area contributed by atoms with Gasteiger partial charge in [0.05, 0.1) is 19.3 Å². The molecular formula is C16H19N7O6.